The van der Waals surface area contributed by atoms with Gasteiger partial charge >= 0.3 is 6.09 Å². The minimum absolute atomic E-state index is 0.166. The van der Waals surface area contributed by atoms with Crippen LogP contribution in [0.25, 0.3) is 0 Å². The zero-order valence-electron chi connectivity index (χ0n) is 9.66. The van der Waals surface area contributed by atoms with Crippen molar-refractivity contribution < 1.29 is 9.53 Å². The van der Waals surface area contributed by atoms with Crippen LogP contribution in [0.4, 0.5) is 4.79 Å². The fraction of sp³-hybridized carbons (Fsp3) is 0.182. The predicted molar refractivity (Wildman–Crippen MR) is 69.9 cm³/mol. The van der Waals surface area contributed by atoms with Crippen molar-refractivity contribution in [2.75, 3.05) is 0 Å². The molecule has 100 valence electrons. The first kappa shape index (κ1) is 13.6. The number of hydrogen-bond acceptors (Lipinski definition) is 4. The molecule has 0 aliphatic heterocycles. The molecule has 0 aliphatic rings. The number of ether oxygens (including phenoxy) is 1. The number of nitrogens with zero attached hydrogens (tertiary/aromatic N) is 3. The molecule has 0 radical (unpaired) electrons. The summed E-state index contributed by atoms with van der Waals surface area (Å²) in [5.74, 6) is 0. The van der Waals surface area contributed by atoms with Gasteiger partial charge in [0.15, 0.2) is 6.10 Å². The van der Waals surface area contributed by atoms with E-state index < -0.39 is 12.2 Å². The average molecular weight is 301 g/mol. The Morgan fingerprint density at radius 2 is 1.89 bits per heavy atom. The topological polar surface area (TPSA) is 83.0 Å². The lowest BCUT2D eigenvalue weighted by atomic mass is 10.1. The number of amides is 1. The highest BCUT2D eigenvalue weighted by Gasteiger charge is 2.22. The van der Waals surface area contributed by atoms with Crippen LogP contribution >= 0.6 is 23.2 Å². The first-order valence-electron chi connectivity index (χ1n) is 5.32. The van der Waals surface area contributed by atoms with Gasteiger partial charge in [0.2, 0.25) is 0 Å². The predicted octanol–water partition coefficient (Wildman–Crippen LogP) is 2.42. The van der Waals surface area contributed by atoms with E-state index in [1.165, 1.54) is 17.2 Å². The zero-order chi connectivity index (χ0) is 13.8. The molecule has 0 aliphatic carbocycles. The summed E-state index contributed by atoms with van der Waals surface area (Å²) < 4.78 is 5.04. The third kappa shape index (κ3) is 3.36. The van der Waals surface area contributed by atoms with Gasteiger partial charge in [0, 0.05) is 15.6 Å². The van der Waals surface area contributed by atoms with E-state index in [4.69, 9.17) is 33.7 Å². The highest BCUT2D eigenvalue weighted by atomic mass is 35.5. The van der Waals surface area contributed by atoms with Crippen LogP contribution in [0.3, 0.4) is 0 Å². The first-order chi connectivity index (χ1) is 9.08. The number of carbonyl (C=O) groups is 1. The van der Waals surface area contributed by atoms with Gasteiger partial charge in [-0.3, -0.25) is 0 Å². The lowest BCUT2D eigenvalue weighted by Crippen LogP contribution is -2.22. The molecule has 2 aromatic rings. The fourth-order valence-corrected chi connectivity index (χ4v) is 2.27. The first-order valence-corrected chi connectivity index (χ1v) is 6.07. The Kier molecular flexibility index (Phi) is 4.24. The van der Waals surface area contributed by atoms with Crippen LogP contribution in [0.2, 0.25) is 10.0 Å². The summed E-state index contributed by atoms with van der Waals surface area (Å²) >= 11 is 12.2. The van der Waals surface area contributed by atoms with Crippen LogP contribution in [-0.2, 0) is 11.3 Å². The average Bonchev–Trinajstić information content (AvgIpc) is 2.80. The van der Waals surface area contributed by atoms with E-state index in [1.54, 1.807) is 18.2 Å². The highest BCUT2D eigenvalue weighted by molar-refractivity contribution is 6.36. The molecule has 1 unspecified atom stereocenters. The molecule has 0 bridgehead atoms. The maximum absolute atomic E-state index is 11.0. The van der Waals surface area contributed by atoms with Crippen LogP contribution in [0, 0.1) is 0 Å². The Balaban J connectivity index is 2.34. The van der Waals surface area contributed by atoms with Crippen LogP contribution in [0.15, 0.2) is 30.6 Å². The Labute approximate surface area is 119 Å². The Morgan fingerprint density at radius 1 is 1.32 bits per heavy atom. The van der Waals surface area contributed by atoms with E-state index >= 15 is 0 Å². The van der Waals surface area contributed by atoms with E-state index in [0.717, 1.165) is 0 Å². The van der Waals surface area contributed by atoms with Gasteiger partial charge in [-0.25, -0.2) is 4.79 Å². The Bertz CT molecular complexity index is 554. The molecule has 1 aromatic heterocycles. The fourth-order valence-electron chi connectivity index (χ4n) is 1.63. The largest absolute Gasteiger partial charge is 0.439 e. The van der Waals surface area contributed by atoms with Crippen molar-refractivity contribution in [3.8, 4) is 0 Å². The molecule has 1 amide bonds. The molecule has 1 atom stereocenters. The minimum atomic E-state index is -0.923. The van der Waals surface area contributed by atoms with Gasteiger partial charge in [-0.15, -0.1) is 0 Å². The molecular weight excluding hydrogens is 291 g/mol. The van der Waals surface area contributed by atoms with E-state index in [1.807, 2.05) is 0 Å². The van der Waals surface area contributed by atoms with Crippen molar-refractivity contribution in [3.05, 3.63) is 46.2 Å². The van der Waals surface area contributed by atoms with Gasteiger partial charge in [0.05, 0.1) is 12.4 Å². The number of carbonyl (C=O) groups excluding carboxylic acids is 1. The normalized spacial score (nSPS) is 12.1. The number of rotatable bonds is 4. The standard InChI is InChI=1S/C11H10Cl2N4O2/c12-7-2-1-3-8(13)10(7)9(19-11(14)18)6-17-15-4-5-16-17/h1-5,9H,6H2,(H2,14,18). The van der Waals surface area contributed by atoms with Crippen molar-refractivity contribution in [1.29, 1.82) is 0 Å². The summed E-state index contributed by atoms with van der Waals surface area (Å²) in [7, 11) is 0. The summed E-state index contributed by atoms with van der Waals surface area (Å²) in [6.07, 6.45) is 1.34. The maximum Gasteiger partial charge on any atom is 0.405 e. The van der Waals surface area contributed by atoms with Crippen molar-refractivity contribution >= 4 is 29.3 Å². The van der Waals surface area contributed by atoms with Crippen LogP contribution < -0.4 is 5.73 Å². The van der Waals surface area contributed by atoms with Crippen LogP contribution in [0.5, 0.6) is 0 Å². The van der Waals surface area contributed by atoms with E-state index in [-0.39, 0.29) is 6.54 Å². The molecule has 1 aromatic carbocycles. The second kappa shape index (κ2) is 5.90. The van der Waals surface area contributed by atoms with Gasteiger partial charge in [-0.2, -0.15) is 15.0 Å². The molecule has 0 spiro atoms. The molecule has 19 heavy (non-hydrogen) atoms. The quantitative estimate of drug-likeness (QED) is 0.940. The van der Waals surface area contributed by atoms with Crippen molar-refractivity contribution in [2.45, 2.75) is 12.6 Å². The number of nitrogens with two attached hydrogens (primary N) is 1. The SMILES string of the molecule is NC(=O)OC(Cn1nccn1)c1c(Cl)cccc1Cl. The summed E-state index contributed by atoms with van der Waals surface area (Å²) in [4.78, 5) is 12.4. The van der Waals surface area contributed by atoms with Crippen molar-refractivity contribution in [2.24, 2.45) is 5.73 Å². The summed E-state index contributed by atoms with van der Waals surface area (Å²) in [6, 6.07) is 4.99. The van der Waals surface area contributed by atoms with Crippen molar-refractivity contribution in [1.82, 2.24) is 15.0 Å². The summed E-state index contributed by atoms with van der Waals surface area (Å²) in [6.45, 7) is 0.166. The minimum Gasteiger partial charge on any atom is -0.439 e. The number of primary amides is 1. The highest BCUT2D eigenvalue weighted by Crippen LogP contribution is 2.33. The number of aromatic nitrogens is 3. The molecule has 0 fully saturated rings. The number of halogens is 2. The van der Waals surface area contributed by atoms with Crippen LogP contribution in [0.1, 0.15) is 11.7 Å². The summed E-state index contributed by atoms with van der Waals surface area (Å²) in [5.41, 5.74) is 5.54. The maximum atomic E-state index is 11.0. The Hall–Kier alpha value is -1.79. The number of benzene rings is 1. The van der Waals surface area contributed by atoms with E-state index in [2.05, 4.69) is 10.2 Å². The molecule has 0 saturated heterocycles. The van der Waals surface area contributed by atoms with Gasteiger partial charge in [-0.1, -0.05) is 29.3 Å². The second-order valence-corrected chi connectivity index (χ2v) is 4.46. The van der Waals surface area contributed by atoms with Gasteiger partial charge in [-0.05, 0) is 12.1 Å². The van der Waals surface area contributed by atoms with Gasteiger partial charge in [0.25, 0.3) is 0 Å². The van der Waals surface area contributed by atoms with E-state index in [0.29, 0.717) is 15.6 Å². The smallest absolute Gasteiger partial charge is 0.405 e. The van der Waals surface area contributed by atoms with Gasteiger partial charge in [0.1, 0.15) is 6.54 Å². The van der Waals surface area contributed by atoms with Crippen molar-refractivity contribution in [3.63, 3.8) is 0 Å². The van der Waals surface area contributed by atoms with Crippen LogP contribution in [-0.4, -0.2) is 21.1 Å². The zero-order valence-corrected chi connectivity index (χ0v) is 11.2. The molecule has 2 rings (SSSR count). The molecular formula is C11H10Cl2N4O2. The van der Waals surface area contributed by atoms with Gasteiger partial charge < -0.3 is 10.5 Å². The number of hydrogen-bond donors (Lipinski definition) is 1. The monoisotopic (exact) mass is 300 g/mol. The Morgan fingerprint density at radius 3 is 2.42 bits per heavy atom. The molecule has 6 nitrogen and oxygen atoms in total. The molecule has 8 heteroatoms. The van der Waals surface area contributed by atoms with E-state index in [9.17, 15) is 4.79 Å². The third-order valence-corrected chi connectivity index (χ3v) is 3.03. The lowest BCUT2D eigenvalue weighted by Gasteiger charge is -2.18. The molecule has 2 N–H and O–H groups in total. The third-order valence-electron chi connectivity index (χ3n) is 2.38. The summed E-state index contributed by atoms with van der Waals surface area (Å²) in [5, 5.41) is 8.63. The second-order valence-electron chi connectivity index (χ2n) is 3.64. The lowest BCUT2D eigenvalue weighted by molar-refractivity contribution is 0.0905. The molecule has 1 heterocycles. The molecule has 0 saturated carbocycles.